The van der Waals surface area contributed by atoms with Crippen molar-refractivity contribution in [3.05, 3.63) is 120 Å². The maximum atomic E-state index is 12.5. The molecule has 1 aromatic heterocycles. The first-order valence-corrected chi connectivity index (χ1v) is 11.9. The number of carbonyl (C=O) groups is 1. The van der Waals surface area contributed by atoms with Crippen molar-refractivity contribution in [3.63, 3.8) is 0 Å². The number of sulfonamides is 1. The average Bonchev–Trinajstić information content (AvgIpc) is 2.85. The molecule has 0 aliphatic heterocycles. The van der Waals surface area contributed by atoms with Gasteiger partial charge in [-0.3, -0.25) is 14.5 Å². The minimum absolute atomic E-state index is 0.318. The van der Waals surface area contributed by atoms with Crippen LogP contribution in [-0.2, 0) is 10.0 Å². The standard InChI is InChI=1S/C26H21N3O4S/c30-26(28-22-10-12-24(13-11-22)33-25-14-17-27-18-15-25)21-6-8-23(9-7-21)29-34(31,32)19-16-20-4-2-1-3-5-20/h1-19,29H,(H,28,30)/b19-16+. The first-order valence-electron chi connectivity index (χ1n) is 10.3. The molecule has 0 aliphatic carbocycles. The highest BCUT2D eigenvalue weighted by Crippen LogP contribution is 2.23. The minimum Gasteiger partial charge on any atom is -0.457 e. The Kier molecular flexibility index (Phi) is 7.00. The first kappa shape index (κ1) is 22.8. The normalized spacial score (nSPS) is 11.2. The van der Waals surface area contributed by atoms with Gasteiger partial charge >= 0.3 is 0 Å². The summed E-state index contributed by atoms with van der Waals surface area (Å²) in [5.74, 6) is 0.974. The van der Waals surface area contributed by atoms with Crippen LogP contribution < -0.4 is 14.8 Å². The lowest BCUT2D eigenvalue weighted by atomic mass is 10.2. The molecule has 0 saturated carbocycles. The molecule has 0 saturated heterocycles. The number of rotatable bonds is 8. The summed E-state index contributed by atoms with van der Waals surface area (Å²) in [6, 6.07) is 25.8. The van der Waals surface area contributed by atoms with E-state index >= 15 is 0 Å². The fraction of sp³-hybridized carbons (Fsp3) is 0. The summed E-state index contributed by atoms with van der Waals surface area (Å²) < 4.78 is 32.7. The number of hydrogen-bond donors (Lipinski definition) is 2. The van der Waals surface area contributed by atoms with E-state index in [1.807, 2.05) is 18.2 Å². The number of aromatic nitrogens is 1. The Labute approximate surface area is 197 Å². The lowest BCUT2D eigenvalue weighted by molar-refractivity contribution is 0.102. The summed E-state index contributed by atoms with van der Waals surface area (Å²) in [5, 5.41) is 3.90. The maximum absolute atomic E-state index is 12.5. The highest BCUT2D eigenvalue weighted by Gasteiger charge is 2.09. The summed E-state index contributed by atoms with van der Waals surface area (Å²) in [6.45, 7) is 0. The van der Waals surface area contributed by atoms with Crippen molar-refractivity contribution < 1.29 is 17.9 Å². The predicted octanol–water partition coefficient (Wildman–Crippen LogP) is 5.54. The smallest absolute Gasteiger partial charge is 0.255 e. The van der Waals surface area contributed by atoms with E-state index in [1.165, 1.54) is 18.2 Å². The molecule has 0 fully saturated rings. The van der Waals surface area contributed by atoms with Crippen LogP contribution in [0.4, 0.5) is 11.4 Å². The van der Waals surface area contributed by atoms with Crippen LogP contribution in [0.15, 0.2) is 109 Å². The van der Waals surface area contributed by atoms with Gasteiger partial charge in [-0.2, -0.15) is 0 Å². The third-order valence-electron chi connectivity index (χ3n) is 4.64. The Morgan fingerprint density at radius 1 is 0.765 bits per heavy atom. The molecule has 0 bridgehead atoms. The van der Waals surface area contributed by atoms with Crippen molar-refractivity contribution in [2.75, 3.05) is 10.0 Å². The Morgan fingerprint density at radius 2 is 1.38 bits per heavy atom. The van der Waals surface area contributed by atoms with Gasteiger partial charge in [0.25, 0.3) is 15.9 Å². The van der Waals surface area contributed by atoms with E-state index in [1.54, 1.807) is 73.1 Å². The van der Waals surface area contributed by atoms with Gasteiger partial charge in [-0.05, 0) is 72.3 Å². The summed E-state index contributed by atoms with van der Waals surface area (Å²) in [6.07, 6.45) is 4.79. The molecule has 0 radical (unpaired) electrons. The van der Waals surface area contributed by atoms with Crippen molar-refractivity contribution >= 4 is 33.4 Å². The quantitative estimate of drug-likeness (QED) is 0.352. The van der Waals surface area contributed by atoms with Crippen molar-refractivity contribution in [2.45, 2.75) is 0 Å². The number of hydrogen-bond acceptors (Lipinski definition) is 5. The van der Waals surface area contributed by atoms with Gasteiger partial charge in [-0.15, -0.1) is 0 Å². The second kappa shape index (κ2) is 10.5. The fourth-order valence-corrected chi connectivity index (χ4v) is 3.84. The molecule has 1 heterocycles. The maximum Gasteiger partial charge on any atom is 0.255 e. The van der Waals surface area contributed by atoms with E-state index in [2.05, 4.69) is 15.0 Å². The van der Waals surface area contributed by atoms with Gasteiger partial charge in [0, 0.05) is 29.3 Å². The van der Waals surface area contributed by atoms with E-state index < -0.39 is 10.0 Å². The Bertz CT molecular complexity index is 1370. The van der Waals surface area contributed by atoms with Crippen LogP contribution in [0.2, 0.25) is 0 Å². The Morgan fingerprint density at radius 3 is 2.06 bits per heavy atom. The molecule has 3 aromatic carbocycles. The number of amides is 1. The highest BCUT2D eigenvalue weighted by atomic mass is 32.2. The molecule has 2 N–H and O–H groups in total. The number of carbonyl (C=O) groups excluding carboxylic acids is 1. The topological polar surface area (TPSA) is 97.4 Å². The largest absolute Gasteiger partial charge is 0.457 e. The first-order chi connectivity index (χ1) is 16.5. The van der Waals surface area contributed by atoms with Crippen LogP contribution in [0.1, 0.15) is 15.9 Å². The fourth-order valence-electron chi connectivity index (χ4n) is 2.97. The highest BCUT2D eigenvalue weighted by molar-refractivity contribution is 7.95. The molecule has 170 valence electrons. The van der Waals surface area contributed by atoms with E-state index in [-0.39, 0.29) is 5.91 Å². The number of nitrogens with zero attached hydrogens (tertiary/aromatic N) is 1. The van der Waals surface area contributed by atoms with Crippen molar-refractivity contribution in [2.24, 2.45) is 0 Å². The van der Waals surface area contributed by atoms with Gasteiger partial charge in [0.1, 0.15) is 11.5 Å². The van der Waals surface area contributed by atoms with Crippen LogP contribution in [0, 0.1) is 0 Å². The number of nitrogens with one attached hydrogen (secondary N) is 2. The number of pyridine rings is 1. The molecular weight excluding hydrogens is 450 g/mol. The SMILES string of the molecule is O=C(Nc1ccc(Oc2ccncc2)cc1)c1ccc(NS(=O)(=O)/C=C/c2ccccc2)cc1. The monoisotopic (exact) mass is 471 g/mol. The predicted molar refractivity (Wildman–Crippen MR) is 133 cm³/mol. The zero-order chi connectivity index (χ0) is 23.8. The average molecular weight is 472 g/mol. The molecule has 4 rings (SSSR count). The van der Waals surface area contributed by atoms with Crippen molar-refractivity contribution in [1.82, 2.24) is 4.98 Å². The zero-order valence-electron chi connectivity index (χ0n) is 18.0. The van der Waals surface area contributed by atoms with E-state index in [0.717, 1.165) is 11.0 Å². The Balaban J connectivity index is 1.34. The lowest BCUT2D eigenvalue weighted by Crippen LogP contribution is -2.12. The summed E-state index contributed by atoms with van der Waals surface area (Å²) in [7, 11) is -3.69. The third kappa shape index (κ3) is 6.54. The van der Waals surface area contributed by atoms with Crippen LogP contribution in [0.3, 0.4) is 0 Å². The van der Waals surface area contributed by atoms with Crippen LogP contribution in [0.5, 0.6) is 11.5 Å². The summed E-state index contributed by atoms with van der Waals surface area (Å²) >= 11 is 0. The van der Waals surface area contributed by atoms with Gasteiger partial charge in [-0.1, -0.05) is 30.3 Å². The molecule has 1 amide bonds. The van der Waals surface area contributed by atoms with Gasteiger partial charge in [0.2, 0.25) is 0 Å². The molecule has 0 atom stereocenters. The molecule has 7 nitrogen and oxygen atoms in total. The molecule has 34 heavy (non-hydrogen) atoms. The van der Waals surface area contributed by atoms with Gasteiger partial charge in [0.05, 0.1) is 5.41 Å². The number of ether oxygens (including phenoxy) is 1. The molecule has 8 heteroatoms. The molecule has 0 unspecified atom stereocenters. The number of anilines is 2. The molecule has 4 aromatic rings. The minimum atomic E-state index is -3.69. The number of benzene rings is 3. The van der Waals surface area contributed by atoms with Crippen LogP contribution in [0.25, 0.3) is 6.08 Å². The van der Waals surface area contributed by atoms with Gasteiger partial charge in [-0.25, -0.2) is 8.42 Å². The second-order valence-corrected chi connectivity index (χ2v) is 8.77. The zero-order valence-corrected chi connectivity index (χ0v) is 18.8. The van der Waals surface area contributed by atoms with E-state index in [0.29, 0.717) is 28.4 Å². The van der Waals surface area contributed by atoms with Crippen LogP contribution >= 0.6 is 0 Å². The second-order valence-electron chi connectivity index (χ2n) is 7.20. The van der Waals surface area contributed by atoms with Crippen molar-refractivity contribution in [1.29, 1.82) is 0 Å². The molecule has 0 spiro atoms. The van der Waals surface area contributed by atoms with Gasteiger partial charge < -0.3 is 10.1 Å². The van der Waals surface area contributed by atoms with E-state index in [4.69, 9.17) is 4.74 Å². The third-order valence-corrected chi connectivity index (χ3v) is 5.66. The summed E-state index contributed by atoms with van der Waals surface area (Å²) in [5.41, 5.74) is 2.12. The van der Waals surface area contributed by atoms with Crippen LogP contribution in [-0.4, -0.2) is 19.3 Å². The molecule has 0 aliphatic rings. The van der Waals surface area contributed by atoms with E-state index in [9.17, 15) is 13.2 Å². The van der Waals surface area contributed by atoms with Gasteiger partial charge in [0.15, 0.2) is 0 Å². The summed E-state index contributed by atoms with van der Waals surface area (Å²) in [4.78, 5) is 16.5. The molecular formula is C26H21N3O4S. The van der Waals surface area contributed by atoms with Crippen molar-refractivity contribution in [3.8, 4) is 11.5 Å². The Hall–Kier alpha value is -4.43. The lowest BCUT2D eigenvalue weighted by Gasteiger charge is -2.09.